The second-order valence-electron chi connectivity index (χ2n) is 7.85. The Bertz CT molecular complexity index is 1660. The molecule has 6 rings (SSSR count). The van der Waals surface area contributed by atoms with Crippen LogP contribution in [0.1, 0.15) is 0 Å². The van der Waals surface area contributed by atoms with Crippen LogP contribution in [-0.4, -0.2) is 8.42 Å². The highest BCUT2D eigenvalue weighted by Gasteiger charge is 2.19. The molecule has 0 fully saturated rings. The summed E-state index contributed by atoms with van der Waals surface area (Å²) >= 11 is 0. The van der Waals surface area contributed by atoms with Gasteiger partial charge in [-0.15, -0.1) is 8.42 Å². The average molecular weight is 451 g/mol. The van der Waals surface area contributed by atoms with Crippen LogP contribution in [0.2, 0.25) is 0 Å². The summed E-state index contributed by atoms with van der Waals surface area (Å²) in [6.45, 7) is 0. The van der Waals surface area contributed by atoms with E-state index in [2.05, 4.69) is 0 Å². The van der Waals surface area contributed by atoms with Crippen LogP contribution in [0.3, 0.4) is 0 Å². The molecule has 0 saturated carbocycles. The molecule has 0 aliphatic rings. The van der Waals surface area contributed by atoms with Crippen molar-refractivity contribution in [2.75, 3.05) is 0 Å². The molecule has 0 aliphatic carbocycles. The first-order valence-electron chi connectivity index (χ1n) is 10.5. The van der Waals surface area contributed by atoms with E-state index in [4.69, 9.17) is 8.37 Å². The lowest BCUT2D eigenvalue weighted by atomic mass is 10.0. The van der Waals surface area contributed by atoms with Crippen LogP contribution in [0.25, 0.3) is 43.1 Å². The highest BCUT2D eigenvalue weighted by molar-refractivity contribution is 7.82. The predicted molar refractivity (Wildman–Crippen MR) is 133 cm³/mol. The van der Waals surface area contributed by atoms with Gasteiger partial charge < -0.3 is 8.37 Å². The average Bonchev–Trinajstić information content (AvgIpc) is 2.84. The van der Waals surface area contributed by atoms with Gasteiger partial charge in [0.15, 0.2) is 11.5 Å². The van der Waals surface area contributed by atoms with Gasteiger partial charge in [-0.05, 0) is 56.6 Å². The van der Waals surface area contributed by atoms with E-state index in [0.717, 1.165) is 32.3 Å². The molecule has 0 heterocycles. The Labute approximate surface area is 190 Å². The van der Waals surface area contributed by atoms with E-state index in [9.17, 15) is 8.42 Å². The molecule has 0 saturated heterocycles. The molecule has 0 unspecified atom stereocenters. The maximum absolute atomic E-state index is 12.9. The van der Waals surface area contributed by atoms with Crippen molar-refractivity contribution in [2.24, 2.45) is 0 Å². The summed E-state index contributed by atoms with van der Waals surface area (Å²) in [4.78, 5) is 0. The zero-order valence-corrected chi connectivity index (χ0v) is 18.3. The van der Waals surface area contributed by atoms with Gasteiger partial charge in [-0.2, -0.15) is 0 Å². The largest absolute Gasteiger partial charge is 0.501 e. The van der Waals surface area contributed by atoms with Gasteiger partial charge in [0.2, 0.25) is 0 Å². The van der Waals surface area contributed by atoms with Crippen molar-refractivity contribution >= 4 is 53.5 Å². The first kappa shape index (κ1) is 19.6. The second-order valence-corrected chi connectivity index (χ2v) is 9.00. The number of hydrogen-bond acceptors (Lipinski definition) is 4. The Morgan fingerprint density at radius 1 is 0.394 bits per heavy atom. The van der Waals surface area contributed by atoms with Crippen molar-refractivity contribution < 1.29 is 16.8 Å². The molecule has 0 amide bonds. The molecular weight excluding hydrogens is 432 g/mol. The Morgan fingerprint density at radius 2 is 0.818 bits per heavy atom. The maximum Gasteiger partial charge on any atom is 0.501 e. The standard InChI is InChI=1S/C28H18O4S/c29-33(30,31-27-13-5-11-23-21-9-3-1-7-19(21)15-17-25(23)27)32-28-14-6-12-24-22-10-4-2-8-20(22)16-18-26(24)28/h1-18H. The van der Waals surface area contributed by atoms with Crippen LogP contribution in [0.4, 0.5) is 0 Å². The lowest BCUT2D eigenvalue weighted by Gasteiger charge is -2.13. The molecule has 0 bridgehead atoms. The molecule has 0 N–H and O–H groups in total. The van der Waals surface area contributed by atoms with Crippen LogP contribution in [0, 0.1) is 0 Å². The molecule has 4 nitrogen and oxygen atoms in total. The molecule has 0 aromatic heterocycles. The van der Waals surface area contributed by atoms with Crippen molar-refractivity contribution in [2.45, 2.75) is 0 Å². The number of benzene rings is 6. The highest BCUT2D eigenvalue weighted by atomic mass is 32.3. The van der Waals surface area contributed by atoms with E-state index in [-0.39, 0.29) is 11.5 Å². The van der Waals surface area contributed by atoms with Gasteiger partial charge >= 0.3 is 10.4 Å². The molecule has 0 radical (unpaired) electrons. The van der Waals surface area contributed by atoms with E-state index in [1.54, 1.807) is 24.3 Å². The summed E-state index contributed by atoms with van der Waals surface area (Å²) in [7, 11) is -4.38. The molecule has 0 atom stereocenters. The first-order chi connectivity index (χ1) is 16.1. The summed E-state index contributed by atoms with van der Waals surface area (Å²) in [5.41, 5.74) is 0. The first-order valence-corrected chi connectivity index (χ1v) is 11.9. The molecule has 5 heteroatoms. The fourth-order valence-corrected chi connectivity index (χ4v) is 5.17. The molecule has 0 spiro atoms. The Hall–Kier alpha value is -4.09. The SMILES string of the molecule is O=S(=O)(Oc1cccc2c1ccc1ccccc12)Oc1cccc2c1ccc1ccccc12. The second kappa shape index (κ2) is 7.50. The van der Waals surface area contributed by atoms with Crippen LogP contribution in [-0.2, 0) is 10.4 Å². The quantitative estimate of drug-likeness (QED) is 0.271. The molecule has 6 aromatic rings. The normalized spacial score (nSPS) is 11.9. The zero-order chi connectivity index (χ0) is 22.4. The van der Waals surface area contributed by atoms with Crippen molar-refractivity contribution in [1.29, 1.82) is 0 Å². The van der Waals surface area contributed by atoms with Gasteiger partial charge in [-0.1, -0.05) is 84.9 Å². The summed E-state index contributed by atoms with van der Waals surface area (Å²) < 4.78 is 36.8. The fraction of sp³-hybridized carbons (Fsp3) is 0. The number of hydrogen-bond donors (Lipinski definition) is 0. The third kappa shape index (κ3) is 3.43. The fourth-order valence-electron chi connectivity index (χ4n) is 4.41. The monoisotopic (exact) mass is 450 g/mol. The highest BCUT2D eigenvalue weighted by Crippen LogP contribution is 2.35. The van der Waals surface area contributed by atoms with Crippen LogP contribution in [0.15, 0.2) is 109 Å². The predicted octanol–water partition coefficient (Wildman–Crippen LogP) is 7.00. The van der Waals surface area contributed by atoms with E-state index in [0.29, 0.717) is 10.8 Å². The lowest BCUT2D eigenvalue weighted by molar-refractivity contribution is 0.396. The summed E-state index contributed by atoms with van der Waals surface area (Å²) in [5, 5.41) is 7.43. The zero-order valence-electron chi connectivity index (χ0n) is 17.4. The summed E-state index contributed by atoms with van der Waals surface area (Å²) in [6, 6.07) is 34.3. The van der Waals surface area contributed by atoms with Gasteiger partial charge in [0.05, 0.1) is 0 Å². The Balaban J connectivity index is 1.41. The van der Waals surface area contributed by atoms with Gasteiger partial charge in [-0.3, -0.25) is 0 Å². The third-order valence-corrected chi connectivity index (χ3v) is 6.64. The molecule has 33 heavy (non-hydrogen) atoms. The number of rotatable bonds is 4. The Kier molecular flexibility index (Phi) is 4.45. The minimum atomic E-state index is -4.38. The molecule has 0 aliphatic heterocycles. The van der Waals surface area contributed by atoms with Crippen molar-refractivity contribution in [3.05, 3.63) is 109 Å². The lowest BCUT2D eigenvalue weighted by Crippen LogP contribution is -2.16. The van der Waals surface area contributed by atoms with Gasteiger partial charge in [-0.25, -0.2) is 0 Å². The van der Waals surface area contributed by atoms with Gasteiger partial charge in [0.1, 0.15) is 0 Å². The van der Waals surface area contributed by atoms with E-state index in [1.165, 1.54) is 0 Å². The Morgan fingerprint density at radius 3 is 1.30 bits per heavy atom. The summed E-state index contributed by atoms with van der Waals surface area (Å²) in [5.74, 6) is 0.452. The smallest absolute Gasteiger partial charge is 0.352 e. The molecular formula is C28H18O4S. The molecule has 160 valence electrons. The van der Waals surface area contributed by atoms with Crippen molar-refractivity contribution in [1.82, 2.24) is 0 Å². The van der Waals surface area contributed by atoms with Crippen LogP contribution in [0.5, 0.6) is 11.5 Å². The third-order valence-electron chi connectivity index (χ3n) is 5.88. The van der Waals surface area contributed by atoms with E-state index >= 15 is 0 Å². The molecule has 6 aromatic carbocycles. The van der Waals surface area contributed by atoms with Gasteiger partial charge in [0.25, 0.3) is 0 Å². The van der Waals surface area contributed by atoms with Crippen LogP contribution >= 0.6 is 0 Å². The van der Waals surface area contributed by atoms with E-state index in [1.807, 2.05) is 84.9 Å². The minimum Gasteiger partial charge on any atom is -0.352 e. The van der Waals surface area contributed by atoms with Gasteiger partial charge in [0, 0.05) is 10.8 Å². The maximum atomic E-state index is 12.9. The van der Waals surface area contributed by atoms with Crippen LogP contribution < -0.4 is 8.37 Å². The topological polar surface area (TPSA) is 52.6 Å². The number of fused-ring (bicyclic) bond motifs is 6. The van der Waals surface area contributed by atoms with Crippen molar-refractivity contribution in [3.8, 4) is 11.5 Å². The summed E-state index contributed by atoms with van der Waals surface area (Å²) in [6.07, 6.45) is 0. The van der Waals surface area contributed by atoms with E-state index < -0.39 is 10.4 Å². The minimum absolute atomic E-state index is 0.226. The van der Waals surface area contributed by atoms with Crippen molar-refractivity contribution in [3.63, 3.8) is 0 Å².